The first-order valence-corrected chi connectivity index (χ1v) is 10.3. The van der Waals surface area contributed by atoms with Crippen molar-refractivity contribution in [2.24, 2.45) is 0 Å². The average molecular weight is 411 g/mol. The maximum atomic E-state index is 5.33. The molecular weight excluding hydrogens is 384 g/mol. The Kier molecular flexibility index (Phi) is 6.22. The van der Waals surface area contributed by atoms with Crippen LogP contribution in [0.25, 0.3) is 0 Å². The smallest absolute Gasteiger partial charge is 0.230 e. The van der Waals surface area contributed by atoms with Gasteiger partial charge in [0.1, 0.15) is 17.4 Å². The minimum Gasteiger partial charge on any atom is -0.497 e. The number of aryl methyl sites for hydroxylation is 2. The van der Waals surface area contributed by atoms with Crippen LogP contribution in [0.1, 0.15) is 33.9 Å². The number of nitrogens with one attached hydrogen (secondary N) is 1. The fraction of sp³-hybridized carbons (Fsp3) is 0.192. The zero-order valence-electron chi connectivity index (χ0n) is 18.1. The van der Waals surface area contributed by atoms with E-state index in [4.69, 9.17) is 19.7 Å². The Morgan fingerprint density at radius 1 is 0.710 bits per heavy atom. The molecule has 3 aromatic carbocycles. The van der Waals surface area contributed by atoms with Gasteiger partial charge >= 0.3 is 0 Å². The highest BCUT2D eigenvalue weighted by molar-refractivity contribution is 5.55. The van der Waals surface area contributed by atoms with Gasteiger partial charge < -0.3 is 10.1 Å². The minimum atomic E-state index is 0.536. The molecule has 4 aromatic rings. The van der Waals surface area contributed by atoms with Gasteiger partial charge in [-0.1, -0.05) is 65.7 Å². The summed E-state index contributed by atoms with van der Waals surface area (Å²) < 4.78 is 5.33. The lowest BCUT2D eigenvalue weighted by Crippen LogP contribution is -2.09. The number of ether oxygens (including phenoxy) is 1. The van der Waals surface area contributed by atoms with Gasteiger partial charge in [-0.25, -0.2) is 4.98 Å². The van der Waals surface area contributed by atoms with Gasteiger partial charge in [0, 0.05) is 24.6 Å². The van der Waals surface area contributed by atoms with E-state index in [1.54, 1.807) is 7.11 Å². The highest BCUT2D eigenvalue weighted by Gasteiger charge is 2.10. The maximum Gasteiger partial charge on any atom is 0.230 e. The lowest BCUT2D eigenvalue weighted by Gasteiger charge is -2.11. The Labute approximate surface area is 183 Å². The minimum absolute atomic E-state index is 0.536. The summed E-state index contributed by atoms with van der Waals surface area (Å²) in [7, 11) is 1.65. The standard InChI is InChI=1S/C26H26N4O/c1-18-7-4-9-20(13-18)15-24-28-25(16-21-10-5-8-19(2)14-21)30-26(29-24)27-22-11-6-12-23(17-22)31-3/h4-14,17H,15-16H2,1-3H3,(H,27,28,29,30). The zero-order chi connectivity index (χ0) is 21.6. The molecule has 0 unspecified atom stereocenters. The quantitative estimate of drug-likeness (QED) is 0.441. The molecule has 0 saturated carbocycles. The van der Waals surface area contributed by atoms with Crippen molar-refractivity contribution in [2.45, 2.75) is 26.7 Å². The Hall–Kier alpha value is -3.73. The molecule has 156 valence electrons. The molecule has 0 aliphatic heterocycles. The average Bonchev–Trinajstić information content (AvgIpc) is 2.74. The molecule has 1 N–H and O–H groups in total. The zero-order valence-corrected chi connectivity index (χ0v) is 18.1. The molecule has 0 aliphatic rings. The van der Waals surface area contributed by atoms with Crippen molar-refractivity contribution in [3.05, 3.63) is 107 Å². The summed E-state index contributed by atoms with van der Waals surface area (Å²) in [6, 6.07) is 24.6. The van der Waals surface area contributed by atoms with Gasteiger partial charge in [-0.2, -0.15) is 9.97 Å². The number of methoxy groups -OCH3 is 1. The van der Waals surface area contributed by atoms with Crippen LogP contribution in [0.4, 0.5) is 11.6 Å². The number of nitrogens with zero attached hydrogens (tertiary/aromatic N) is 3. The van der Waals surface area contributed by atoms with Gasteiger partial charge in [-0.05, 0) is 37.1 Å². The Morgan fingerprint density at radius 3 is 1.84 bits per heavy atom. The van der Waals surface area contributed by atoms with Crippen molar-refractivity contribution in [1.29, 1.82) is 0 Å². The molecule has 0 aliphatic carbocycles. The molecule has 0 bridgehead atoms. The van der Waals surface area contributed by atoms with Crippen molar-refractivity contribution in [2.75, 3.05) is 12.4 Å². The molecule has 5 heteroatoms. The summed E-state index contributed by atoms with van der Waals surface area (Å²) in [5.74, 6) is 2.80. The summed E-state index contributed by atoms with van der Waals surface area (Å²) in [4.78, 5) is 14.2. The number of hydrogen-bond acceptors (Lipinski definition) is 5. The monoisotopic (exact) mass is 410 g/mol. The lowest BCUT2D eigenvalue weighted by molar-refractivity contribution is 0.415. The number of hydrogen-bond donors (Lipinski definition) is 1. The van der Waals surface area contributed by atoms with E-state index < -0.39 is 0 Å². The second-order valence-electron chi connectivity index (χ2n) is 7.68. The van der Waals surface area contributed by atoms with E-state index in [1.165, 1.54) is 22.3 Å². The van der Waals surface area contributed by atoms with Gasteiger partial charge in [-0.3, -0.25) is 0 Å². The third-order valence-corrected chi connectivity index (χ3v) is 4.94. The van der Waals surface area contributed by atoms with Crippen LogP contribution in [0.3, 0.4) is 0 Å². The number of aromatic nitrogens is 3. The van der Waals surface area contributed by atoms with Crippen molar-refractivity contribution in [1.82, 2.24) is 15.0 Å². The van der Waals surface area contributed by atoms with Crippen LogP contribution in [-0.4, -0.2) is 22.1 Å². The second kappa shape index (κ2) is 9.39. The summed E-state index contributed by atoms with van der Waals surface area (Å²) in [6.07, 6.45) is 1.30. The lowest BCUT2D eigenvalue weighted by atomic mass is 10.1. The van der Waals surface area contributed by atoms with Gasteiger partial charge in [0.15, 0.2) is 0 Å². The van der Waals surface area contributed by atoms with E-state index in [1.807, 2.05) is 24.3 Å². The fourth-order valence-electron chi connectivity index (χ4n) is 3.52. The molecular formula is C26H26N4O. The van der Waals surface area contributed by atoms with Crippen molar-refractivity contribution < 1.29 is 4.74 Å². The molecule has 0 spiro atoms. The van der Waals surface area contributed by atoms with Crippen LogP contribution in [0.15, 0.2) is 72.8 Å². The molecule has 5 nitrogen and oxygen atoms in total. The number of benzene rings is 3. The van der Waals surface area contributed by atoms with E-state index >= 15 is 0 Å². The van der Waals surface area contributed by atoms with Crippen molar-refractivity contribution >= 4 is 11.6 Å². The Balaban J connectivity index is 1.66. The third kappa shape index (κ3) is 5.66. The van der Waals surface area contributed by atoms with Crippen molar-refractivity contribution in [3.63, 3.8) is 0 Å². The van der Waals surface area contributed by atoms with Crippen LogP contribution < -0.4 is 10.1 Å². The largest absolute Gasteiger partial charge is 0.497 e. The maximum absolute atomic E-state index is 5.33. The molecule has 0 fully saturated rings. The third-order valence-electron chi connectivity index (χ3n) is 4.94. The molecule has 1 heterocycles. The Bertz CT molecular complexity index is 1120. The van der Waals surface area contributed by atoms with Gasteiger partial charge in [0.2, 0.25) is 5.95 Å². The van der Waals surface area contributed by atoms with E-state index in [0.717, 1.165) is 23.1 Å². The van der Waals surface area contributed by atoms with Crippen LogP contribution in [-0.2, 0) is 12.8 Å². The summed E-state index contributed by atoms with van der Waals surface area (Å²) >= 11 is 0. The van der Waals surface area contributed by atoms with Crippen molar-refractivity contribution in [3.8, 4) is 5.75 Å². The molecule has 1 aromatic heterocycles. The topological polar surface area (TPSA) is 59.9 Å². The summed E-state index contributed by atoms with van der Waals surface area (Å²) in [5.41, 5.74) is 5.68. The van der Waals surface area contributed by atoms with E-state index in [2.05, 4.69) is 67.7 Å². The van der Waals surface area contributed by atoms with Gasteiger partial charge in [0.25, 0.3) is 0 Å². The SMILES string of the molecule is COc1cccc(Nc2nc(Cc3cccc(C)c3)nc(Cc3cccc(C)c3)n2)c1. The first kappa shape index (κ1) is 20.5. The first-order valence-electron chi connectivity index (χ1n) is 10.3. The summed E-state index contributed by atoms with van der Waals surface area (Å²) in [5, 5.41) is 3.31. The van der Waals surface area contributed by atoms with Crippen LogP contribution in [0.5, 0.6) is 5.75 Å². The Morgan fingerprint density at radius 2 is 1.29 bits per heavy atom. The second-order valence-corrected chi connectivity index (χ2v) is 7.68. The van der Waals surface area contributed by atoms with Crippen LogP contribution in [0.2, 0.25) is 0 Å². The fourth-order valence-corrected chi connectivity index (χ4v) is 3.52. The van der Waals surface area contributed by atoms with Gasteiger partial charge in [-0.15, -0.1) is 0 Å². The molecule has 4 rings (SSSR count). The van der Waals surface area contributed by atoms with E-state index in [9.17, 15) is 0 Å². The predicted molar refractivity (Wildman–Crippen MR) is 124 cm³/mol. The molecule has 0 radical (unpaired) electrons. The number of anilines is 2. The highest BCUT2D eigenvalue weighted by atomic mass is 16.5. The first-order chi connectivity index (χ1) is 15.1. The molecule has 0 amide bonds. The predicted octanol–water partition coefficient (Wildman–Crippen LogP) is 5.42. The molecule has 31 heavy (non-hydrogen) atoms. The van der Waals surface area contributed by atoms with Crippen LogP contribution >= 0.6 is 0 Å². The van der Waals surface area contributed by atoms with E-state index in [-0.39, 0.29) is 0 Å². The number of rotatable bonds is 7. The van der Waals surface area contributed by atoms with Gasteiger partial charge in [0.05, 0.1) is 7.11 Å². The van der Waals surface area contributed by atoms with E-state index in [0.29, 0.717) is 18.8 Å². The normalized spacial score (nSPS) is 10.7. The van der Waals surface area contributed by atoms with Crippen LogP contribution in [0, 0.1) is 13.8 Å². The molecule has 0 atom stereocenters. The highest BCUT2D eigenvalue weighted by Crippen LogP contribution is 2.20. The summed E-state index contributed by atoms with van der Waals surface area (Å²) in [6.45, 7) is 4.19. The molecule has 0 saturated heterocycles.